The van der Waals surface area contributed by atoms with Crippen molar-refractivity contribution in [1.29, 1.82) is 0 Å². The molecule has 1 aromatic heterocycles. The van der Waals surface area contributed by atoms with Crippen molar-refractivity contribution in [3.8, 4) is 17.2 Å². The fraction of sp³-hybridized carbons (Fsp3) is 0.333. The van der Waals surface area contributed by atoms with Crippen LogP contribution in [0, 0.1) is 5.92 Å². The van der Waals surface area contributed by atoms with E-state index in [4.69, 9.17) is 14.2 Å². The number of rotatable bonds is 8. The molecule has 0 atom stereocenters. The van der Waals surface area contributed by atoms with Crippen molar-refractivity contribution in [3.05, 3.63) is 71.2 Å². The van der Waals surface area contributed by atoms with Gasteiger partial charge in [0.2, 0.25) is 0 Å². The zero-order chi connectivity index (χ0) is 21.3. The average molecular weight is 439 g/mol. The van der Waals surface area contributed by atoms with Crippen LogP contribution in [0.2, 0.25) is 0 Å². The lowest BCUT2D eigenvalue weighted by molar-refractivity contribution is 0.0807. The second-order valence-electron chi connectivity index (χ2n) is 7.48. The van der Waals surface area contributed by atoms with Gasteiger partial charge in [-0.05, 0) is 49.4 Å². The fourth-order valence-corrected chi connectivity index (χ4v) is 4.04. The van der Waals surface area contributed by atoms with Gasteiger partial charge in [-0.3, -0.25) is 4.98 Å². The molecule has 1 amide bonds. The maximum absolute atomic E-state index is 12.2. The van der Waals surface area contributed by atoms with E-state index >= 15 is 0 Å². The monoisotopic (exact) mass is 438 g/mol. The predicted molar refractivity (Wildman–Crippen MR) is 120 cm³/mol. The maximum Gasteiger partial charge on any atom is 0.410 e. The number of likely N-dealkylation sites (tertiary alicyclic amines) is 1. The van der Waals surface area contributed by atoms with Crippen molar-refractivity contribution in [2.45, 2.75) is 25.9 Å². The molecule has 1 aliphatic heterocycles. The van der Waals surface area contributed by atoms with Crippen molar-refractivity contribution in [2.24, 2.45) is 5.92 Å². The molecule has 1 saturated heterocycles. The third kappa shape index (κ3) is 6.46. The van der Waals surface area contributed by atoms with Crippen LogP contribution in [0.25, 0.3) is 0 Å². The number of aromatic nitrogens is 1. The summed E-state index contributed by atoms with van der Waals surface area (Å²) in [5.41, 5.74) is 1.74. The fourth-order valence-electron chi connectivity index (χ4n) is 3.54. The largest absolute Gasteiger partial charge is 0.493 e. The van der Waals surface area contributed by atoms with Gasteiger partial charge in [0.15, 0.2) is 0 Å². The smallest absolute Gasteiger partial charge is 0.410 e. The van der Waals surface area contributed by atoms with E-state index in [1.807, 2.05) is 54.6 Å². The Balaban J connectivity index is 1.16. The summed E-state index contributed by atoms with van der Waals surface area (Å²) in [4.78, 5) is 19.0. The molecule has 7 heteroatoms. The van der Waals surface area contributed by atoms with Gasteiger partial charge in [0, 0.05) is 25.4 Å². The topological polar surface area (TPSA) is 60.9 Å². The van der Waals surface area contributed by atoms with E-state index < -0.39 is 0 Å². The van der Waals surface area contributed by atoms with Gasteiger partial charge in [-0.1, -0.05) is 24.3 Å². The van der Waals surface area contributed by atoms with E-state index in [-0.39, 0.29) is 6.09 Å². The third-order valence-electron chi connectivity index (χ3n) is 5.27. The van der Waals surface area contributed by atoms with Crippen LogP contribution in [0.15, 0.2) is 66.3 Å². The Bertz CT molecular complexity index is 941. The molecule has 1 aliphatic rings. The van der Waals surface area contributed by atoms with Gasteiger partial charge >= 0.3 is 6.09 Å². The molecule has 0 unspecified atom stereocenters. The molecule has 162 valence electrons. The molecular formula is C24H26N2O4S. The summed E-state index contributed by atoms with van der Waals surface area (Å²) < 4.78 is 17.2. The normalized spacial score (nSPS) is 14.3. The van der Waals surface area contributed by atoms with Crippen molar-refractivity contribution in [2.75, 3.05) is 19.7 Å². The summed E-state index contributed by atoms with van der Waals surface area (Å²) in [5.74, 6) is 2.91. The summed E-state index contributed by atoms with van der Waals surface area (Å²) in [7, 11) is 0. The number of ether oxygens (including phenoxy) is 3. The summed E-state index contributed by atoms with van der Waals surface area (Å²) in [5, 5.41) is 0. The molecule has 1 fully saturated rings. The summed E-state index contributed by atoms with van der Waals surface area (Å²) in [6.07, 6.45) is 4.39. The number of hydrogen-bond acceptors (Lipinski definition) is 6. The van der Waals surface area contributed by atoms with E-state index in [1.165, 1.54) is 11.3 Å². The van der Waals surface area contributed by atoms with E-state index in [0.717, 1.165) is 54.5 Å². The van der Waals surface area contributed by atoms with Gasteiger partial charge in [-0.25, -0.2) is 4.79 Å². The van der Waals surface area contributed by atoms with E-state index in [1.54, 1.807) is 16.6 Å². The lowest BCUT2D eigenvalue weighted by Gasteiger charge is -2.31. The molecule has 2 heterocycles. The number of carbonyl (C=O) groups is 1. The van der Waals surface area contributed by atoms with Crippen molar-refractivity contribution in [1.82, 2.24) is 9.88 Å². The first-order valence-corrected chi connectivity index (χ1v) is 11.4. The van der Waals surface area contributed by atoms with Gasteiger partial charge in [-0.2, -0.15) is 0 Å². The Morgan fingerprint density at radius 2 is 1.81 bits per heavy atom. The van der Waals surface area contributed by atoms with Crippen LogP contribution < -0.4 is 9.47 Å². The van der Waals surface area contributed by atoms with E-state index in [0.29, 0.717) is 19.1 Å². The van der Waals surface area contributed by atoms with Crippen LogP contribution in [0.5, 0.6) is 17.2 Å². The molecule has 6 nitrogen and oxygen atoms in total. The minimum absolute atomic E-state index is 0.238. The summed E-state index contributed by atoms with van der Waals surface area (Å²) in [6, 6.07) is 17.4. The standard InChI is InChI=1S/C24H26N2O4S/c27-24(29-17-23-16-25-18-31-23)26-12-9-19(10-13-26)11-14-28-21-7-4-8-22(15-21)30-20-5-2-1-3-6-20/h1-8,15-16,18-19H,9-14,17H2. The van der Waals surface area contributed by atoms with Crippen molar-refractivity contribution >= 4 is 17.4 Å². The second-order valence-corrected chi connectivity index (χ2v) is 8.45. The SMILES string of the molecule is O=C(OCc1cncs1)N1CCC(CCOc2cccc(Oc3ccccc3)c2)CC1. The average Bonchev–Trinajstić information content (AvgIpc) is 3.33. The highest BCUT2D eigenvalue weighted by molar-refractivity contribution is 7.09. The van der Waals surface area contributed by atoms with E-state index in [2.05, 4.69) is 4.98 Å². The van der Waals surface area contributed by atoms with Crippen LogP contribution in [-0.4, -0.2) is 35.7 Å². The van der Waals surface area contributed by atoms with Gasteiger partial charge in [0.05, 0.1) is 17.0 Å². The Hall–Kier alpha value is -3.06. The molecule has 0 aliphatic carbocycles. The van der Waals surface area contributed by atoms with Crippen LogP contribution in [-0.2, 0) is 11.3 Å². The first-order chi connectivity index (χ1) is 15.3. The van der Waals surface area contributed by atoms with Gasteiger partial charge < -0.3 is 19.1 Å². The van der Waals surface area contributed by atoms with Gasteiger partial charge in [0.1, 0.15) is 23.9 Å². The molecule has 31 heavy (non-hydrogen) atoms. The zero-order valence-corrected chi connectivity index (χ0v) is 18.1. The van der Waals surface area contributed by atoms with Crippen molar-refractivity contribution in [3.63, 3.8) is 0 Å². The minimum Gasteiger partial charge on any atom is -0.493 e. The number of benzene rings is 2. The van der Waals surface area contributed by atoms with Crippen LogP contribution in [0.1, 0.15) is 24.1 Å². The third-order valence-corrected chi connectivity index (χ3v) is 6.03. The number of amides is 1. The molecule has 2 aromatic carbocycles. The van der Waals surface area contributed by atoms with Crippen LogP contribution >= 0.6 is 11.3 Å². The predicted octanol–water partition coefficient (Wildman–Crippen LogP) is 5.75. The van der Waals surface area contributed by atoms with Gasteiger partial charge in [0.25, 0.3) is 0 Å². The molecule has 0 N–H and O–H groups in total. The number of thiazole rings is 1. The highest BCUT2D eigenvalue weighted by Gasteiger charge is 2.23. The highest BCUT2D eigenvalue weighted by atomic mass is 32.1. The molecule has 3 aromatic rings. The molecule has 0 spiro atoms. The van der Waals surface area contributed by atoms with Crippen LogP contribution in [0.4, 0.5) is 4.79 Å². The number of hydrogen-bond donors (Lipinski definition) is 0. The van der Waals surface area contributed by atoms with E-state index in [9.17, 15) is 4.79 Å². The highest BCUT2D eigenvalue weighted by Crippen LogP contribution is 2.26. The number of para-hydroxylation sites is 1. The first-order valence-electron chi connectivity index (χ1n) is 10.5. The van der Waals surface area contributed by atoms with Crippen LogP contribution in [0.3, 0.4) is 0 Å². The first kappa shape index (κ1) is 21.2. The maximum atomic E-state index is 12.2. The summed E-state index contributed by atoms with van der Waals surface area (Å²) in [6.45, 7) is 2.40. The Labute approximate surface area is 186 Å². The lowest BCUT2D eigenvalue weighted by Crippen LogP contribution is -2.39. The summed E-state index contributed by atoms with van der Waals surface area (Å²) >= 11 is 1.49. The second kappa shape index (κ2) is 10.8. The van der Waals surface area contributed by atoms with Crippen molar-refractivity contribution < 1.29 is 19.0 Å². The molecule has 0 bridgehead atoms. The number of piperidine rings is 1. The molecular weight excluding hydrogens is 412 g/mol. The molecule has 4 rings (SSSR count). The Morgan fingerprint density at radius 3 is 2.58 bits per heavy atom. The van der Waals surface area contributed by atoms with Gasteiger partial charge in [-0.15, -0.1) is 11.3 Å². The Kier molecular flexibility index (Phi) is 7.39. The Morgan fingerprint density at radius 1 is 1.03 bits per heavy atom. The molecule has 0 radical (unpaired) electrons. The number of nitrogens with zero attached hydrogens (tertiary/aromatic N) is 2. The lowest BCUT2D eigenvalue weighted by atomic mass is 9.94. The minimum atomic E-state index is -0.238. The molecule has 0 saturated carbocycles. The zero-order valence-electron chi connectivity index (χ0n) is 17.3. The number of carbonyl (C=O) groups excluding carboxylic acids is 1. The quantitative estimate of drug-likeness (QED) is 0.448.